The maximum Gasteiger partial charge on any atom is 0.199 e. The zero-order valence-electron chi connectivity index (χ0n) is 10.6. The van der Waals surface area contributed by atoms with Crippen molar-refractivity contribution in [2.24, 2.45) is 5.16 Å². The van der Waals surface area contributed by atoms with Crippen LogP contribution in [0.5, 0.6) is 0 Å². The van der Waals surface area contributed by atoms with Crippen molar-refractivity contribution in [1.82, 2.24) is 0 Å². The van der Waals surface area contributed by atoms with Gasteiger partial charge in [0, 0.05) is 16.5 Å². The highest BCUT2D eigenvalue weighted by Gasteiger charge is 2.39. The van der Waals surface area contributed by atoms with Gasteiger partial charge in [0.25, 0.3) is 0 Å². The highest BCUT2D eigenvalue weighted by Crippen LogP contribution is 2.29. The Morgan fingerprint density at radius 3 is 2.70 bits per heavy atom. The van der Waals surface area contributed by atoms with Crippen LogP contribution in [0.2, 0.25) is 10.0 Å². The molecule has 1 heterocycles. The monoisotopic (exact) mass is 355 g/mol. The van der Waals surface area contributed by atoms with Gasteiger partial charge in [-0.2, -0.15) is 0 Å². The number of hydrogen-bond acceptors (Lipinski definition) is 4. The highest BCUT2D eigenvalue weighted by molar-refractivity contribution is 8.05. The Balaban J connectivity index is 2.23. The van der Waals surface area contributed by atoms with Crippen LogP contribution >= 0.6 is 34.8 Å². The van der Waals surface area contributed by atoms with Crippen molar-refractivity contribution in [3.63, 3.8) is 0 Å². The molecule has 1 aromatic carbocycles. The summed E-state index contributed by atoms with van der Waals surface area (Å²) in [5.41, 5.74) is -0.344. The van der Waals surface area contributed by atoms with Gasteiger partial charge in [0.15, 0.2) is 20.5 Å². The predicted molar refractivity (Wildman–Crippen MR) is 81.3 cm³/mol. The summed E-state index contributed by atoms with van der Waals surface area (Å²) < 4.78 is 24.6. The van der Waals surface area contributed by atoms with Crippen LogP contribution in [0.4, 0.5) is 0 Å². The van der Waals surface area contributed by atoms with Gasteiger partial charge in [-0.15, -0.1) is 11.6 Å². The Hall–Kier alpha value is -0.490. The number of alkyl halides is 1. The second-order valence-corrected chi connectivity index (χ2v) is 7.93. The summed E-state index contributed by atoms with van der Waals surface area (Å²) in [5, 5.41) is 4.40. The maximum atomic E-state index is 12.3. The molecule has 0 aliphatic carbocycles. The second-order valence-electron chi connectivity index (χ2n) is 4.83. The summed E-state index contributed by atoms with van der Waals surface area (Å²) in [6.45, 7) is 1.71. The van der Waals surface area contributed by atoms with Crippen molar-refractivity contribution in [2.45, 2.75) is 24.7 Å². The van der Waals surface area contributed by atoms with Crippen LogP contribution in [-0.2, 0) is 20.4 Å². The van der Waals surface area contributed by atoms with Crippen molar-refractivity contribution >= 4 is 49.7 Å². The van der Waals surface area contributed by atoms with E-state index < -0.39 is 15.4 Å². The zero-order valence-corrected chi connectivity index (χ0v) is 13.7. The zero-order chi connectivity index (χ0) is 15.0. The van der Waals surface area contributed by atoms with E-state index in [0.717, 1.165) is 0 Å². The van der Waals surface area contributed by atoms with Crippen LogP contribution in [0, 0.1) is 0 Å². The average Bonchev–Trinajstić information content (AvgIpc) is 2.78. The van der Waals surface area contributed by atoms with Crippen LogP contribution in [0.3, 0.4) is 0 Å². The van der Waals surface area contributed by atoms with Crippen molar-refractivity contribution < 1.29 is 13.3 Å². The molecule has 2 rings (SSSR count). The summed E-state index contributed by atoms with van der Waals surface area (Å²) >= 11 is 17.6. The number of rotatable bonds is 3. The number of benzene rings is 1. The van der Waals surface area contributed by atoms with Gasteiger partial charge in [-0.25, -0.2) is 8.42 Å². The standard InChI is InChI=1S/C12H12Cl3NO3S/c1-12(7-13)5-11(16-19-12)20(17,18)6-8-4-9(14)2-3-10(8)15/h2-4H,5-7H2,1H3. The van der Waals surface area contributed by atoms with Gasteiger partial charge in [-0.3, -0.25) is 0 Å². The lowest BCUT2D eigenvalue weighted by Gasteiger charge is -2.16. The molecule has 0 radical (unpaired) electrons. The molecule has 0 amide bonds. The number of nitrogens with zero attached hydrogens (tertiary/aromatic N) is 1. The third kappa shape index (κ3) is 3.39. The van der Waals surface area contributed by atoms with E-state index in [1.165, 1.54) is 6.07 Å². The lowest BCUT2D eigenvalue weighted by atomic mass is 10.1. The normalized spacial score (nSPS) is 22.5. The first-order valence-electron chi connectivity index (χ1n) is 5.73. The molecule has 1 aromatic rings. The molecule has 20 heavy (non-hydrogen) atoms. The predicted octanol–water partition coefficient (Wildman–Crippen LogP) is 3.64. The minimum atomic E-state index is -3.61. The third-order valence-electron chi connectivity index (χ3n) is 2.89. The van der Waals surface area contributed by atoms with Gasteiger partial charge in [0.05, 0.1) is 11.6 Å². The fourth-order valence-electron chi connectivity index (χ4n) is 1.73. The molecule has 0 spiro atoms. The van der Waals surface area contributed by atoms with Gasteiger partial charge in [-0.05, 0) is 30.7 Å². The molecular weight excluding hydrogens is 345 g/mol. The molecule has 1 atom stereocenters. The molecule has 0 fully saturated rings. The van der Waals surface area contributed by atoms with E-state index in [1.807, 2.05) is 0 Å². The van der Waals surface area contributed by atoms with Gasteiger partial charge in [-0.1, -0.05) is 28.4 Å². The number of sulfone groups is 1. The van der Waals surface area contributed by atoms with Crippen LogP contribution in [-0.4, -0.2) is 24.9 Å². The second kappa shape index (κ2) is 5.72. The van der Waals surface area contributed by atoms with E-state index in [9.17, 15) is 8.42 Å². The molecule has 1 aliphatic heterocycles. The molecule has 1 unspecified atom stereocenters. The van der Waals surface area contributed by atoms with Crippen molar-refractivity contribution in [3.05, 3.63) is 33.8 Å². The van der Waals surface area contributed by atoms with Crippen LogP contribution < -0.4 is 0 Å². The Morgan fingerprint density at radius 1 is 1.40 bits per heavy atom. The average molecular weight is 357 g/mol. The summed E-state index contributed by atoms with van der Waals surface area (Å²) in [6.07, 6.45) is 0.150. The maximum absolute atomic E-state index is 12.3. The summed E-state index contributed by atoms with van der Waals surface area (Å²) in [5.74, 6) is -0.111. The van der Waals surface area contributed by atoms with Crippen LogP contribution in [0.15, 0.2) is 23.4 Å². The molecule has 4 nitrogen and oxygen atoms in total. The van der Waals surface area contributed by atoms with Gasteiger partial charge in [0.2, 0.25) is 0 Å². The first-order chi connectivity index (χ1) is 9.26. The first-order valence-corrected chi connectivity index (χ1v) is 8.68. The first kappa shape index (κ1) is 15.9. The summed E-state index contributed by atoms with van der Waals surface area (Å²) in [7, 11) is -3.61. The lowest BCUT2D eigenvalue weighted by molar-refractivity contribution is 0.0152. The van der Waals surface area contributed by atoms with Crippen molar-refractivity contribution in [2.75, 3.05) is 5.88 Å². The number of oxime groups is 1. The number of hydrogen-bond donors (Lipinski definition) is 0. The Morgan fingerprint density at radius 2 is 2.10 bits per heavy atom. The molecule has 0 aromatic heterocycles. The highest BCUT2D eigenvalue weighted by atomic mass is 35.5. The van der Waals surface area contributed by atoms with E-state index in [0.29, 0.717) is 15.6 Å². The van der Waals surface area contributed by atoms with E-state index in [1.54, 1.807) is 19.1 Å². The molecule has 1 aliphatic rings. The molecule has 0 bridgehead atoms. The molecule has 0 N–H and O–H groups in total. The fourth-order valence-corrected chi connectivity index (χ4v) is 3.82. The minimum Gasteiger partial charge on any atom is -0.387 e. The van der Waals surface area contributed by atoms with Gasteiger partial charge < -0.3 is 4.84 Å². The number of halogens is 3. The lowest BCUT2D eigenvalue weighted by Crippen LogP contribution is -2.28. The quantitative estimate of drug-likeness (QED) is 0.777. The van der Waals surface area contributed by atoms with Crippen LogP contribution in [0.1, 0.15) is 18.9 Å². The summed E-state index contributed by atoms with van der Waals surface area (Å²) in [4.78, 5) is 5.10. The van der Waals surface area contributed by atoms with Gasteiger partial charge in [0.1, 0.15) is 0 Å². The van der Waals surface area contributed by atoms with E-state index in [4.69, 9.17) is 39.6 Å². The topological polar surface area (TPSA) is 55.7 Å². The van der Waals surface area contributed by atoms with Crippen LogP contribution in [0.25, 0.3) is 0 Å². The molecule has 0 saturated heterocycles. The van der Waals surface area contributed by atoms with E-state index in [-0.39, 0.29) is 23.1 Å². The van der Waals surface area contributed by atoms with Crippen molar-refractivity contribution in [3.8, 4) is 0 Å². The molecular formula is C12H12Cl3NO3S. The minimum absolute atomic E-state index is 0.0170. The van der Waals surface area contributed by atoms with E-state index in [2.05, 4.69) is 5.16 Å². The summed E-state index contributed by atoms with van der Waals surface area (Å²) in [6, 6.07) is 4.68. The van der Waals surface area contributed by atoms with Crippen molar-refractivity contribution in [1.29, 1.82) is 0 Å². The van der Waals surface area contributed by atoms with E-state index >= 15 is 0 Å². The smallest absolute Gasteiger partial charge is 0.199 e. The molecule has 0 saturated carbocycles. The third-order valence-corrected chi connectivity index (χ3v) is 5.69. The largest absolute Gasteiger partial charge is 0.387 e. The SMILES string of the molecule is CC1(CCl)CC(S(=O)(=O)Cc2cc(Cl)ccc2Cl)=NO1. The fraction of sp³-hybridized carbons (Fsp3) is 0.417. The Kier molecular flexibility index (Phi) is 4.54. The van der Waals surface area contributed by atoms with Gasteiger partial charge >= 0.3 is 0 Å². The Bertz CT molecular complexity index is 660. The Labute approximate surface area is 132 Å². The molecule has 110 valence electrons. The molecule has 8 heteroatoms.